The number of aromatic carboxylic acids is 1. The number of aromatic nitrogens is 1. The first-order chi connectivity index (χ1) is 9.21. The molecule has 1 unspecified atom stereocenters. The fraction of sp³-hybridized carbons (Fsp3) is 0.538. The second-order valence-corrected chi connectivity index (χ2v) is 7.47. The van der Waals surface area contributed by atoms with Crippen molar-refractivity contribution in [2.75, 3.05) is 23.0 Å². The first-order valence-electron chi connectivity index (χ1n) is 6.40. The normalized spacial score (nSPS) is 21.8. The Kier molecular flexibility index (Phi) is 3.73. The lowest BCUT2D eigenvalue weighted by Gasteiger charge is -2.35. The van der Waals surface area contributed by atoms with Gasteiger partial charge in [-0.1, -0.05) is 0 Å². The molecule has 2 rings (SSSR count). The van der Waals surface area contributed by atoms with Crippen molar-refractivity contribution in [3.63, 3.8) is 0 Å². The van der Waals surface area contributed by atoms with E-state index in [2.05, 4.69) is 4.98 Å². The average Bonchev–Trinajstić information content (AvgIpc) is 2.25. The van der Waals surface area contributed by atoms with Crippen molar-refractivity contribution < 1.29 is 18.3 Å². The Morgan fingerprint density at radius 1 is 1.45 bits per heavy atom. The second kappa shape index (κ2) is 5.05. The molecule has 20 heavy (non-hydrogen) atoms. The highest BCUT2D eigenvalue weighted by Gasteiger charge is 2.32. The summed E-state index contributed by atoms with van der Waals surface area (Å²) in [5.41, 5.74) is 1.52. The number of rotatable bonds is 2. The number of hydrogen-bond acceptors (Lipinski definition) is 5. The van der Waals surface area contributed by atoms with Crippen molar-refractivity contribution in [3.05, 3.63) is 22.9 Å². The molecule has 0 amide bonds. The van der Waals surface area contributed by atoms with E-state index in [0.717, 1.165) is 5.69 Å². The molecule has 1 aromatic heterocycles. The number of anilines is 1. The quantitative estimate of drug-likeness (QED) is 0.877. The Hall–Kier alpha value is -1.63. The zero-order chi connectivity index (χ0) is 15.1. The Morgan fingerprint density at radius 2 is 2.10 bits per heavy atom. The van der Waals surface area contributed by atoms with E-state index in [1.807, 2.05) is 0 Å². The van der Waals surface area contributed by atoms with Gasteiger partial charge in [0.1, 0.15) is 11.4 Å². The van der Waals surface area contributed by atoms with E-state index in [4.69, 9.17) is 0 Å². The van der Waals surface area contributed by atoms with Crippen molar-refractivity contribution in [2.45, 2.75) is 26.8 Å². The Balaban J connectivity index is 2.50. The molecule has 0 aliphatic carbocycles. The molecule has 7 heteroatoms. The lowest BCUT2D eigenvalue weighted by Crippen LogP contribution is -2.48. The summed E-state index contributed by atoms with van der Waals surface area (Å²) in [5, 5.41) is 9.37. The molecule has 0 spiro atoms. The minimum absolute atomic E-state index is 0.0285. The van der Waals surface area contributed by atoms with Gasteiger partial charge in [-0.05, 0) is 32.4 Å². The molecule has 1 N–H and O–H groups in total. The summed E-state index contributed by atoms with van der Waals surface area (Å²) in [6, 6.07) is 1.44. The van der Waals surface area contributed by atoms with Gasteiger partial charge in [-0.3, -0.25) is 0 Å². The highest BCUT2D eigenvalue weighted by Crippen LogP contribution is 2.26. The van der Waals surface area contributed by atoms with E-state index in [-0.39, 0.29) is 29.7 Å². The van der Waals surface area contributed by atoms with Crippen LogP contribution < -0.4 is 4.90 Å². The van der Waals surface area contributed by atoms with Crippen LogP contribution in [-0.4, -0.2) is 48.6 Å². The summed E-state index contributed by atoms with van der Waals surface area (Å²) < 4.78 is 23.3. The van der Waals surface area contributed by atoms with Gasteiger partial charge in [-0.15, -0.1) is 0 Å². The highest BCUT2D eigenvalue weighted by atomic mass is 32.2. The van der Waals surface area contributed by atoms with E-state index in [1.165, 1.54) is 0 Å². The molecule has 0 saturated carbocycles. The third kappa shape index (κ3) is 2.77. The van der Waals surface area contributed by atoms with Crippen LogP contribution in [0.25, 0.3) is 0 Å². The summed E-state index contributed by atoms with van der Waals surface area (Å²) >= 11 is 0. The maximum absolute atomic E-state index is 11.6. The van der Waals surface area contributed by atoms with Crippen LogP contribution in [0, 0.1) is 13.8 Å². The first-order valence-corrected chi connectivity index (χ1v) is 8.22. The minimum Gasteiger partial charge on any atom is -0.478 e. The maximum Gasteiger partial charge on any atom is 0.339 e. The second-order valence-electron chi connectivity index (χ2n) is 5.24. The number of sulfone groups is 1. The predicted molar refractivity (Wildman–Crippen MR) is 76.1 cm³/mol. The minimum atomic E-state index is -3.04. The van der Waals surface area contributed by atoms with Crippen molar-refractivity contribution in [3.8, 4) is 0 Å². The maximum atomic E-state index is 11.6. The number of carbonyl (C=O) groups is 1. The van der Waals surface area contributed by atoms with Crippen molar-refractivity contribution in [1.82, 2.24) is 4.98 Å². The molecule has 1 saturated heterocycles. The standard InChI is InChI=1S/C13H18N2O4S/c1-8-6-9(2)14-12(11(8)13(16)17)15-4-5-20(18,19)7-10(15)3/h6,10H,4-5,7H2,1-3H3,(H,16,17). The van der Waals surface area contributed by atoms with Gasteiger partial charge in [0.05, 0.1) is 11.5 Å². The lowest BCUT2D eigenvalue weighted by molar-refractivity contribution is 0.0696. The third-order valence-electron chi connectivity index (χ3n) is 3.48. The molecule has 1 aliphatic heterocycles. The summed E-state index contributed by atoms with van der Waals surface area (Å²) in [6.07, 6.45) is 0. The average molecular weight is 298 g/mol. The van der Waals surface area contributed by atoms with Crippen LogP contribution in [0.5, 0.6) is 0 Å². The third-order valence-corrected chi connectivity index (χ3v) is 5.28. The number of aryl methyl sites for hydroxylation is 2. The molecule has 1 aromatic rings. The van der Waals surface area contributed by atoms with Gasteiger partial charge in [0.2, 0.25) is 0 Å². The smallest absolute Gasteiger partial charge is 0.339 e. The van der Waals surface area contributed by atoms with Gasteiger partial charge in [-0.25, -0.2) is 18.2 Å². The molecule has 0 aromatic carbocycles. The van der Waals surface area contributed by atoms with E-state index in [9.17, 15) is 18.3 Å². The zero-order valence-corrected chi connectivity index (χ0v) is 12.6. The van der Waals surface area contributed by atoms with Crippen molar-refractivity contribution in [1.29, 1.82) is 0 Å². The molecule has 0 bridgehead atoms. The van der Waals surface area contributed by atoms with Crippen molar-refractivity contribution >= 4 is 21.6 Å². The first kappa shape index (κ1) is 14.8. The highest BCUT2D eigenvalue weighted by molar-refractivity contribution is 7.91. The number of carboxylic acids is 1. The topological polar surface area (TPSA) is 87.6 Å². The van der Waals surface area contributed by atoms with Gasteiger partial charge in [-0.2, -0.15) is 0 Å². The molecule has 2 heterocycles. The van der Waals surface area contributed by atoms with Crippen molar-refractivity contribution in [2.24, 2.45) is 0 Å². The molecule has 6 nitrogen and oxygen atoms in total. The molecule has 1 fully saturated rings. The summed E-state index contributed by atoms with van der Waals surface area (Å²) in [5.74, 6) is -0.603. The largest absolute Gasteiger partial charge is 0.478 e. The van der Waals surface area contributed by atoms with E-state index < -0.39 is 15.8 Å². The van der Waals surface area contributed by atoms with Gasteiger partial charge in [0, 0.05) is 18.3 Å². The molecule has 1 atom stereocenters. The summed E-state index contributed by atoms with van der Waals surface area (Å²) in [6.45, 7) is 5.59. The van der Waals surface area contributed by atoms with E-state index in [1.54, 1.807) is 31.7 Å². The van der Waals surface area contributed by atoms with Crippen LogP contribution in [0.1, 0.15) is 28.5 Å². The summed E-state index contributed by atoms with van der Waals surface area (Å²) in [7, 11) is -3.04. The molecule has 0 radical (unpaired) electrons. The van der Waals surface area contributed by atoms with Crippen LogP contribution in [0.4, 0.5) is 5.82 Å². The van der Waals surface area contributed by atoms with Crippen LogP contribution in [-0.2, 0) is 9.84 Å². The molecule has 1 aliphatic rings. The Morgan fingerprint density at radius 3 is 2.65 bits per heavy atom. The Bertz CT molecular complexity index is 655. The fourth-order valence-corrected chi connectivity index (χ4v) is 4.16. The van der Waals surface area contributed by atoms with Crippen LogP contribution in [0.15, 0.2) is 6.07 Å². The number of pyridine rings is 1. The molecule has 110 valence electrons. The number of hydrogen-bond donors (Lipinski definition) is 1. The fourth-order valence-electron chi connectivity index (χ4n) is 2.60. The number of carboxylic acid groups (broad SMARTS) is 1. The van der Waals surface area contributed by atoms with Gasteiger partial charge in [0.15, 0.2) is 9.84 Å². The van der Waals surface area contributed by atoms with Crippen LogP contribution in [0.3, 0.4) is 0 Å². The predicted octanol–water partition coefficient (Wildman–Crippen LogP) is 1.02. The van der Waals surface area contributed by atoms with E-state index >= 15 is 0 Å². The lowest BCUT2D eigenvalue weighted by atomic mass is 10.1. The molecular weight excluding hydrogens is 280 g/mol. The van der Waals surface area contributed by atoms with E-state index in [0.29, 0.717) is 11.4 Å². The van der Waals surface area contributed by atoms with Crippen LogP contribution in [0.2, 0.25) is 0 Å². The SMILES string of the molecule is Cc1cc(C)c(C(=O)O)c(N2CCS(=O)(=O)CC2C)n1. The Labute approximate surface area is 118 Å². The molecular formula is C13H18N2O4S. The zero-order valence-electron chi connectivity index (χ0n) is 11.8. The summed E-state index contributed by atoms with van der Waals surface area (Å²) in [4.78, 5) is 17.6. The van der Waals surface area contributed by atoms with Gasteiger partial charge < -0.3 is 10.0 Å². The van der Waals surface area contributed by atoms with Gasteiger partial charge in [0.25, 0.3) is 0 Å². The monoisotopic (exact) mass is 298 g/mol. The van der Waals surface area contributed by atoms with Crippen LogP contribution >= 0.6 is 0 Å². The van der Waals surface area contributed by atoms with Gasteiger partial charge >= 0.3 is 5.97 Å². The number of nitrogens with zero attached hydrogens (tertiary/aromatic N) is 2.